The minimum atomic E-state index is -1.12. The summed E-state index contributed by atoms with van der Waals surface area (Å²) in [5.74, 6) is -1.12. The molecule has 1 fully saturated rings. The van der Waals surface area contributed by atoms with Gasteiger partial charge in [-0.1, -0.05) is 12.1 Å². The molecule has 1 aromatic rings. The van der Waals surface area contributed by atoms with Crippen molar-refractivity contribution in [3.8, 4) is 0 Å². The summed E-state index contributed by atoms with van der Waals surface area (Å²) in [6.45, 7) is 2.15. The molecule has 0 bridgehead atoms. The number of carboxylic acids is 1. The van der Waals surface area contributed by atoms with Crippen LogP contribution in [0.2, 0.25) is 0 Å². The molecule has 1 saturated heterocycles. The van der Waals surface area contributed by atoms with Gasteiger partial charge in [0.25, 0.3) is 0 Å². The minimum Gasteiger partial charge on any atom is -0.545 e. The molecule has 0 aliphatic carbocycles. The summed E-state index contributed by atoms with van der Waals surface area (Å²) < 4.78 is 0. The van der Waals surface area contributed by atoms with Crippen LogP contribution < -0.4 is 10.0 Å². The highest BCUT2D eigenvalue weighted by atomic mass is 16.4. The molecule has 0 unspecified atom stereocenters. The van der Waals surface area contributed by atoms with Crippen molar-refractivity contribution in [3.05, 3.63) is 29.8 Å². The number of carboxylic acid groups (broad SMARTS) is 1. The molecule has 3 nitrogen and oxygen atoms in total. The van der Waals surface area contributed by atoms with Gasteiger partial charge in [0.1, 0.15) is 0 Å². The predicted octanol–water partition coefficient (Wildman–Crippen LogP) is -0.130. The fourth-order valence-corrected chi connectivity index (χ4v) is 1.12. The summed E-state index contributed by atoms with van der Waals surface area (Å²) in [7, 11) is 0. The lowest BCUT2D eigenvalue weighted by atomic mass is 10.2. The molecule has 0 spiro atoms. The van der Waals surface area contributed by atoms with Crippen molar-refractivity contribution in [2.45, 2.75) is 0 Å². The van der Waals surface area contributed by atoms with Crippen LogP contribution in [0.3, 0.4) is 0 Å². The number of hydrogen-bond acceptors (Lipinski definition) is 3. The SMILES string of the molecule is O=C([O-])c1ccc(N2CC2)cc1. The molecule has 1 aliphatic heterocycles. The van der Waals surface area contributed by atoms with E-state index in [4.69, 9.17) is 0 Å². The van der Waals surface area contributed by atoms with Crippen LogP contribution in [0.15, 0.2) is 24.3 Å². The predicted molar refractivity (Wildman–Crippen MR) is 43.0 cm³/mol. The van der Waals surface area contributed by atoms with E-state index in [1.807, 2.05) is 0 Å². The molecule has 0 aromatic heterocycles. The zero-order valence-corrected chi connectivity index (χ0v) is 6.49. The Morgan fingerprint density at radius 1 is 1.25 bits per heavy atom. The zero-order chi connectivity index (χ0) is 8.55. The van der Waals surface area contributed by atoms with Crippen molar-refractivity contribution < 1.29 is 9.90 Å². The van der Waals surface area contributed by atoms with Gasteiger partial charge in [-0.15, -0.1) is 0 Å². The lowest BCUT2D eigenvalue weighted by molar-refractivity contribution is -0.255. The second-order valence-corrected chi connectivity index (χ2v) is 2.82. The van der Waals surface area contributed by atoms with E-state index in [1.165, 1.54) is 0 Å². The largest absolute Gasteiger partial charge is 0.545 e. The summed E-state index contributed by atoms with van der Waals surface area (Å²) in [6, 6.07) is 6.75. The smallest absolute Gasteiger partial charge is 0.0715 e. The van der Waals surface area contributed by atoms with Crippen molar-refractivity contribution in [2.24, 2.45) is 0 Å². The number of carbonyl (C=O) groups is 1. The molecule has 0 saturated carbocycles. The normalized spacial score (nSPS) is 14.5. The number of anilines is 1. The van der Waals surface area contributed by atoms with E-state index in [9.17, 15) is 9.90 Å². The van der Waals surface area contributed by atoms with Crippen molar-refractivity contribution in [1.29, 1.82) is 0 Å². The molecule has 3 heteroatoms. The van der Waals surface area contributed by atoms with E-state index in [1.54, 1.807) is 24.3 Å². The maximum absolute atomic E-state index is 10.4. The van der Waals surface area contributed by atoms with Gasteiger partial charge in [0.05, 0.1) is 5.97 Å². The molecule has 62 valence electrons. The number of carbonyl (C=O) groups excluding carboxylic acids is 1. The Hall–Kier alpha value is -1.51. The second-order valence-electron chi connectivity index (χ2n) is 2.82. The van der Waals surface area contributed by atoms with Crippen LogP contribution in [-0.4, -0.2) is 19.1 Å². The van der Waals surface area contributed by atoms with Crippen LogP contribution in [0.25, 0.3) is 0 Å². The highest BCUT2D eigenvalue weighted by molar-refractivity contribution is 5.86. The van der Waals surface area contributed by atoms with E-state index in [-0.39, 0.29) is 5.56 Å². The topological polar surface area (TPSA) is 43.1 Å². The van der Waals surface area contributed by atoms with E-state index in [0.29, 0.717) is 0 Å². The third-order valence-corrected chi connectivity index (χ3v) is 1.92. The van der Waals surface area contributed by atoms with Crippen LogP contribution in [0.5, 0.6) is 0 Å². The summed E-state index contributed by atoms with van der Waals surface area (Å²) >= 11 is 0. The number of rotatable bonds is 2. The molecule has 12 heavy (non-hydrogen) atoms. The van der Waals surface area contributed by atoms with Gasteiger partial charge in [0.2, 0.25) is 0 Å². The second kappa shape index (κ2) is 2.52. The van der Waals surface area contributed by atoms with Crippen LogP contribution in [-0.2, 0) is 0 Å². The van der Waals surface area contributed by atoms with E-state index < -0.39 is 5.97 Å². The number of nitrogens with zero attached hydrogens (tertiary/aromatic N) is 1. The molecule has 0 radical (unpaired) electrons. The van der Waals surface area contributed by atoms with Gasteiger partial charge in [-0.05, 0) is 17.7 Å². The highest BCUT2D eigenvalue weighted by Crippen LogP contribution is 2.20. The molecule has 1 aromatic carbocycles. The summed E-state index contributed by atoms with van der Waals surface area (Å²) in [6.07, 6.45) is 0. The van der Waals surface area contributed by atoms with E-state index >= 15 is 0 Å². The molecule has 1 heterocycles. The third kappa shape index (κ3) is 1.25. The van der Waals surface area contributed by atoms with Gasteiger partial charge in [0.15, 0.2) is 0 Å². The summed E-state index contributed by atoms with van der Waals surface area (Å²) in [5, 5.41) is 10.4. The third-order valence-electron chi connectivity index (χ3n) is 1.92. The van der Waals surface area contributed by atoms with Crippen molar-refractivity contribution in [3.63, 3.8) is 0 Å². The van der Waals surface area contributed by atoms with Gasteiger partial charge in [-0.25, -0.2) is 0 Å². The van der Waals surface area contributed by atoms with Gasteiger partial charge < -0.3 is 14.8 Å². The Morgan fingerprint density at radius 3 is 2.25 bits per heavy atom. The van der Waals surface area contributed by atoms with Crippen molar-refractivity contribution >= 4 is 11.7 Å². The van der Waals surface area contributed by atoms with Crippen LogP contribution in [0, 0.1) is 0 Å². The first kappa shape index (κ1) is 7.16. The Morgan fingerprint density at radius 2 is 1.83 bits per heavy atom. The Balaban J connectivity index is 2.24. The Bertz CT molecular complexity index is 301. The Kier molecular flexibility index (Phi) is 1.50. The molecular weight excluding hydrogens is 154 g/mol. The highest BCUT2D eigenvalue weighted by Gasteiger charge is 2.16. The minimum absolute atomic E-state index is 0.237. The van der Waals surface area contributed by atoms with E-state index in [2.05, 4.69) is 4.90 Å². The molecule has 0 atom stereocenters. The zero-order valence-electron chi connectivity index (χ0n) is 6.49. The number of hydrogen-bond donors (Lipinski definition) is 0. The first-order valence-corrected chi connectivity index (χ1v) is 3.84. The summed E-state index contributed by atoms with van der Waals surface area (Å²) in [4.78, 5) is 12.5. The molecule has 0 N–H and O–H groups in total. The molecular formula is C9H8NO2-. The lowest BCUT2D eigenvalue weighted by Gasteiger charge is -2.04. The molecule has 1 aliphatic rings. The number of aromatic carboxylic acids is 1. The molecule has 0 amide bonds. The average Bonchev–Trinajstić information content (AvgIpc) is 2.87. The first-order valence-electron chi connectivity index (χ1n) is 3.84. The summed E-state index contributed by atoms with van der Waals surface area (Å²) in [5.41, 5.74) is 1.32. The average molecular weight is 162 g/mol. The van der Waals surface area contributed by atoms with Crippen molar-refractivity contribution in [1.82, 2.24) is 0 Å². The van der Waals surface area contributed by atoms with Gasteiger partial charge >= 0.3 is 0 Å². The monoisotopic (exact) mass is 162 g/mol. The maximum atomic E-state index is 10.4. The first-order chi connectivity index (χ1) is 5.77. The fourth-order valence-electron chi connectivity index (χ4n) is 1.12. The van der Waals surface area contributed by atoms with E-state index in [0.717, 1.165) is 18.8 Å². The molecule has 2 rings (SSSR count). The van der Waals surface area contributed by atoms with Gasteiger partial charge in [-0.2, -0.15) is 0 Å². The lowest BCUT2D eigenvalue weighted by Crippen LogP contribution is -2.21. The van der Waals surface area contributed by atoms with Crippen molar-refractivity contribution in [2.75, 3.05) is 18.0 Å². The van der Waals surface area contributed by atoms with Crippen LogP contribution >= 0.6 is 0 Å². The maximum Gasteiger partial charge on any atom is 0.0715 e. The standard InChI is InChI=1S/C9H9NO2/c11-9(12)7-1-3-8(4-2-7)10-5-6-10/h1-4H,5-6H2,(H,11,12)/p-1. The number of benzene rings is 1. The van der Waals surface area contributed by atoms with Crippen LogP contribution in [0.4, 0.5) is 5.69 Å². The fraction of sp³-hybridized carbons (Fsp3) is 0.222. The van der Waals surface area contributed by atoms with Gasteiger partial charge in [0, 0.05) is 18.8 Å². The quantitative estimate of drug-likeness (QED) is 0.569. The Labute approximate surface area is 70.2 Å². The van der Waals surface area contributed by atoms with Crippen LogP contribution in [0.1, 0.15) is 10.4 Å². The van der Waals surface area contributed by atoms with Gasteiger partial charge in [-0.3, -0.25) is 0 Å².